The third-order valence-corrected chi connectivity index (χ3v) is 7.76. The van der Waals surface area contributed by atoms with Crippen molar-refractivity contribution in [2.45, 2.75) is 41.5 Å². The molecule has 0 bridgehead atoms. The molecular weight excluding hydrogens is 374 g/mol. The third kappa shape index (κ3) is 3.98. The van der Waals surface area contributed by atoms with Gasteiger partial charge in [-0.15, -0.1) is 0 Å². The van der Waals surface area contributed by atoms with Gasteiger partial charge in [0, 0.05) is 13.0 Å². The summed E-state index contributed by atoms with van der Waals surface area (Å²) in [4.78, 5) is 0.274. The molecular formula is C18H21NO5S2. The Labute approximate surface area is 154 Å². The van der Waals surface area contributed by atoms with Gasteiger partial charge >= 0.3 is 0 Å². The van der Waals surface area contributed by atoms with Crippen molar-refractivity contribution >= 4 is 20.0 Å². The summed E-state index contributed by atoms with van der Waals surface area (Å²) in [7, 11) is -7.53. The first kappa shape index (κ1) is 19.0. The summed E-state index contributed by atoms with van der Waals surface area (Å²) in [5.74, 6) is 0. The fourth-order valence-corrected chi connectivity index (χ4v) is 5.52. The Balaban J connectivity index is 1.72. The quantitative estimate of drug-likeness (QED) is 0.781. The van der Waals surface area contributed by atoms with E-state index in [2.05, 4.69) is 5.32 Å². The lowest BCUT2D eigenvalue weighted by Crippen LogP contribution is -2.30. The second-order valence-electron chi connectivity index (χ2n) is 6.48. The van der Waals surface area contributed by atoms with Crippen molar-refractivity contribution in [3.8, 4) is 0 Å². The molecule has 0 radical (unpaired) electrons. The molecule has 0 aliphatic carbocycles. The molecule has 3 rings (SSSR count). The molecule has 0 spiro atoms. The Bertz CT molecular complexity index is 981. The first-order valence-electron chi connectivity index (χ1n) is 8.22. The highest BCUT2D eigenvalue weighted by atomic mass is 32.2. The van der Waals surface area contributed by atoms with Crippen LogP contribution in [0.3, 0.4) is 0 Å². The van der Waals surface area contributed by atoms with E-state index in [9.17, 15) is 16.8 Å². The SMILES string of the molecule is Cc1ccc(S(=O)(=O)OC2CNC(S(=O)(=O)c3ccc(C)cc3)C2)cc1. The van der Waals surface area contributed by atoms with Crippen LogP contribution in [0.5, 0.6) is 0 Å². The van der Waals surface area contributed by atoms with Crippen LogP contribution in [0, 0.1) is 13.8 Å². The van der Waals surface area contributed by atoms with E-state index in [0.717, 1.165) is 11.1 Å². The van der Waals surface area contributed by atoms with Gasteiger partial charge in [0.05, 0.1) is 15.9 Å². The van der Waals surface area contributed by atoms with Gasteiger partial charge in [0.1, 0.15) is 5.37 Å². The highest BCUT2D eigenvalue weighted by molar-refractivity contribution is 7.92. The van der Waals surface area contributed by atoms with Gasteiger partial charge in [0.15, 0.2) is 9.84 Å². The second kappa shape index (κ2) is 7.11. The van der Waals surface area contributed by atoms with Crippen LogP contribution in [0.4, 0.5) is 0 Å². The number of nitrogens with one attached hydrogen (secondary N) is 1. The average molecular weight is 396 g/mol. The average Bonchev–Trinajstić information content (AvgIpc) is 3.04. The smallest absolute Gasteiger partial charge is 0.297 e. The van der Waals surface area contributed by atoms with Gasteiger partial charge in [0.25, 0.3) is 10.1 Å². The molecule has 1 fully saturated rings. The number of rotatable bonds is 5. The van der Waals surface area contributed by atoms with E-state index in [0.29, 0.717) is 0 Å². The monoisotopic (exact) mass is 395 g/mol. The Morgan fingerprint density at radius 1 is 0.846 bits per heavy atom. The number of aryl methyl sites for hydroxylation is 2. The van der Waals surface area contributed by atoms with E-state index in [1.54, 1.807) is 36.4 Å². The predicted octanol–water partition coefficient (Wildman–Crippen LogP) is 2.17. The van der Waals surface area contributed by atoms with Crippen molar-refractivity contribution < 1.29 is 21.0 Å². The van der Waals surface area contributed by atoms with Gasteiger partial charge in [-0.05, 0) is 38.1 Å². The molecule has 1 aliphatic rings. The molecule has 1 N–H and O–H groups in total. The van der Waals surface area contributed by atoms with Crippen molar-refractivity contribution in [3.05, 3.63) is 59.7 Å². The summed E-state index contributed by atoms with van der Waals surface area (Å²) in [6, 6.07) is 12.9. The Hall–Kier alpha value is -1.74. The maximum Gasteiger partial charge on any atom is 0.297 e. The Kier molecular flexibility index (Phi) is 5.21. The molecule has 2 aromatic carbocycles. The van der Waals surface area contributed by atoms with Gasteiger partial charge in [-0.25, -0.2) is 8.42 Å². The molecule has 1 heterocycles. The zero-order chi connectivity index (χ0) is 18.9. The molecule has 2 unspecified atom stereocenters. The van der Waals surface area contributed by atoms with Crippen molar-refractivity contribution in [3.63, 3.8) is 0 Å². The maximum atomic E-state index is 12.7. The number of hydrogen-bond acceptors (Lipinski definition) is 6. The standard InChI is InChI=1S/C18H21NO5S2/c1-13-3-7-16(8-4-13)25(20,21)18-11-15(12-19-18)24-26(22,23)17-9-5-14(2)6-10-17/h3-10,15,18-19H,11-12H2,1-2H3. The molecule has 1 saturated heterocycles. The Morgan fingerprint density at radius 2 is 1.35 bits per heavy atom. The van der Waals surface area contributed by atoms with Crippen LogP contribution in [-0.4, -0.2) is 34.9 Å². The van der Waals surface area contributed by atoms with Crippen LogP contribution in [0.25, 0.3) is 0 Å². The summed E-state index contributed by atoms with van der Waals surface area (Å²) in [5.41, 5.74) is 1.91. The predicted molar refractivity (Wildman–Crippen MR) is 98.0 cm³/mol. The van der Waals surface area contributed by atoms with Crippen molar-refractivity contribution in [2.24, 2.45) is 0 Å². The van der Waals surface area contributed by atoms with Crippen LogP contribution < -0.4 is 5.32 Å². The summed E-state index contributed by atoms with van der Waals surface area (Å²) >= 11 is 0. The fraction of sp³-hybridized carbons (Fsp3) is 0.333. The van der Waals surface area contributed by atoms with E-state index in [1.165, 1.54) is 12.1 Å². The van der Waals surface area contributed by atoms with Gasteiger partial charge in [-0.2, -0.15) is 8.42 Å². The molecule has 2 aromatic rings. The van der Waals surface area contributed by atoms with Crippen LogP contribution in [0.1, 0.15) is 17.5 Å². The fourth-order valence-electron chi connectivity index (χ4n) is 2.81. The lowest BCUT2D eigenvalue weighted by molar-refractivity contribution is 0.229. The lowest BCUT2D eigenvalue weighted by Gasteiger charge is -2.13. The van der Waals surface area contributed by atoms with Crippen molar-refractivity contribution in [1.82, 2.24) is 5.32 Å². The zero-order valence-electron chi connectivity index (χ0n) is 14.5. The van der Waals surface area contributed by atoms with Gasteiger partial charge in [-0.1, -0.05) is 35.4 Å². The van der Waals surface area contributed by atoms with Gasteiger partial charge < -0.3 is 0 Å². The molecule has 140 valence electrons. The topological polar surface area (TPSA) is 89.5 Å². The van der Waals surface area contributed by atoms with Crippen molar-refractivity contribution in [2.75, 3.05) is 6.54 Å². The number of benzene rings is 2. The molecule has 0 amide bonds. The van der Waals surface area contributed by atoms with E-state index < -0.39 is 31.4 Å². The number of sulfone groups is 1. The highest BCUT2D eigenvalue weighted by Crippen LogP contribution is 2.25. The van der Waals surface area contributed by atoms with E-state index in [4.69, 9.17) is 4.18 Å². The molecule has 0 aromatic heterocycles. The highest BCUT2D eigenvalue weighted by Gasteiger charge is 2.37. The minimum absolute atomic E-state index is 0.0629. The van der Waals surface area contributed by atoms with E-state index in [-0.39, 0.29) is 22.8 Å². The Morgan fingerprint density at radius 3 is 1.88 bits per heavy atom. The van der Waals surface area contributed by atoms with Crippen LogP contribution in [0.2, 0.25) is 0 Å². The minimum Gasteiger partial charge on any atom is -0.298 e. The van der Waals surface area contributed by atoms with E-state index >= 15 is 0 Å². The van der Waals surface area contributed by atoms with Gasteiger partial charge in [0.2, 0.25) is 0 Å². The second-order valence-corrected chi connectivity index (χ2v) is 10.2. The molecule has 0 saturated carbocycles. The molecule has 26 heavy (non-hydrogen) atoms. The lowest BCUT2D eigenvalue weighted by atomic mass is 10.2. The molecule has 1 aliphatic heterocycles. The molecule has 6 nitrogen and oxygen atoms in total. The summed E-state index contributed by atoms with van der Waals surface area (Å²) in [5, 5.41) is 1.99. The summed E-state index contributed by atoms with van der Waals surface area (Å²) in [6.45, 7) is 3.89. The minimum atomic E-state index is -3.93. The first-order chi connectivity index (χ1) is 12.2. The molecule has 8 heteroatoms. The summed E-state index contributed by atoms with van der Waals surface area (Å²) in [6.07, 6.45) is -0.659. The number of hydrogen-bond donors (Lipinski definition) is 1. The van der Waals surface area contributed by atoms with Crippen LogP contribution in [0.15, 0.2) is 58.3 Å². The first-order valence-corrected chi connectivity index (χ1v) is 11.2. The summed E-state index contributed by atoms with van der Waals surface area (Å²) < 4.78 is 55.4. The van der Waals surface area contributed by atoms with Crippen LogP contribution in [-0.2, 0) is 24.1 Å². The van der Waals surface area contributed by atoms with E-state index in [1.807, 2.05) is 13.8 Å². The molecule has 2 atom stereocenters. The van der Waals surface area contributed by atoms with Crippen molar-refractivity contribution in [1.29, 1.82) is 0 Å². The maximum absolute atomic E-state index is 12.7. The largest absolute Gasteiger partial charge is 0.298 e. The normalized spacial score (nSPS) is 21.0. The third-order valence-electron chi connectivity index (χ3n) is 4.35. The zero-order valence-corrected chi connectivity index (χ0v) is 16.2. The van der Waals surface area contributed by atoms with Gasteiger partial charge in [-0.3, -0.25) is 9.50 Å². The van der Waals surface area contributed by atoms with Crippen LogP contribution >= 0.6 is 0 Å².